The summed E-state index contributed by atoms with van der Waals surface area (Å²) in [5.74, 6) is -0.381. The number of fused-ring (bicyclic) bond motifs is 1. The Morgan fingerprint density at radius 1 is 1.32 bits per heavy atom. The summed E-state index contributed by atoms with van der Waals surface area (Å²) in [7, 11) is 1.92. The van der Waals surface area contributed by atoms with Gasteiger partial charge in [0.25, 0.3) is 0 Å². The lowest BCUT2D eigenvalue weighted by molar-refractivity contribution is 0.0699. The Labute approximate surface area is 111 Å². The summed E-state index contributed by atoms with van der Waals surface area (Å²) < 4.78 is 0. The minimum absolute atomic E-state index is 0.0991. The quantitative estimate of drug-likeness (QED) is 0.897. The highest BCUT2D eigenvalue weighted by Gasteiger charge is 2.20. The first kappa shape index (κ1) is 13.3. The van der Waals surface area contributed by atoms with E-state index < -0.39 is 5.97 Å². The van der Waals surface area contributed by atoms with Gasteiger partial charge in [-0.05, 0) is 32.9 Å². The number of nitrogens with zero attached hydrogens (tertiary/aromatic N) is 3. The third-order valence-electron chi connectivity index (χ3n) is 3.15. The van der Waals surface area contributed by atoms with Crippen molar-refractivity contribution >= 4 is 22.8 Å². The van der Waals surface area contributed by atoms with Crippen LogP contribution in [0.1, 0.15) is 31.1 Å². The van der Waals surface area contributed by atoms with Gasteiger partial charge in [-0.25, -0.2) is 14.8 Å². The second-order valence-corrected chi connectivity index (χ2v) is 5.44. The molecule has 1 aromatic carbocycles. The Morgan fingerprint density at radius 3 is 2.58 bits per heavy atom. The van der Waals surface area contributed by atoms with Crippen LogP contribution in [-0.4, -0.2) is 33.6 Å². The number of anilines is 1. The molecule has 2 rings (SSSR count). The molecule has 0 bridgehead atoms. The van der Waals surface area contributed by atoms with Crippen LogP contribution in [-0.2, 0) is 0 Å². The van der Waals surface area contributed by atoms with Crippen molar-refractivity contribution in [2.45, 2.75) is 26.3 Å². The summed E-state index contributed by atoms with van der Waals surface area (Å²) in [5, 5.41) is 9.68. The summed E-state index contributed by atoms with van der Waals surface area (Å²) >= 11 is 0. The van der Waals surface area contributed by atoms with Gasteiger partial charge in [0.15, 0.2) is 0 Å². The molecular formula is C14H17N3O2. The van der Waals surface area contributed by atoms with Crippen LogP contribution in [0.2, 0.25) is 0 Å². The second-order valence-electron chi connectivity index (χ2n) is 5.44. The molecule has 1 N–H and O–H groups in total. The van der Waals surface area contributed by atoms with Crippen molar-refractivity contribution in [3.63, 3.8) is 0 Å². The standard InChI is InChI=1S/C14H17N3O2/c1-14(2,3)17(4)13-15-8-10-9(12(18)19)6-5-7-11(10)16-13/h5-8H,1-4H3,(H,18,19). The Balaban J connectivity index is 2.57. The third kappa shape index (κ3) is 2.50. The van der Waals surface area contributed by atoms with E-state index >= 15 is 0 Å². The van der Waals surface area contributed by atoms with Gasteiger partial charge in [0, 0.05) is 24.2 Å². The van der Waals surface area contributed by atoms with E-state index in [1.807, 2.05) is 11.9 Å². The topological polar surface area (TPSA) is 66.3 Å². The number of rotatable bonds is 2. The number of aromatic carboxylic acids is 1. The molecule has 0 atom stereocenters. The molecule has 0 aliphatic carbocycles. The number of carbonyl (C=O) groups is 1. The monoisotopic (exact) mass is 259 g/mol. The largest absolute Gasteiger partial charge is 0.478 e. The van der Waals surface area contributed by atoms with E-state index in [0.29, 0.717) is 16.9 Å². The van der Waals surface area contributed by atoms with Crippen LogP contribution >= 0.6 is 0 Å². The Bertz CT molecular complexity index is 632. The third-order valence-corrected chi connectivity index (χ3v) is 3.15. The predicted octanol–water partition coefficient (Wildman–Crippen LogP) is 2.56. The minimum atomic E-state index is -0.967. The van der Waals surface area contributed by atoms with Crippen molar-refractivity contribution < 1.29 is 9.90 Å². The molecule has 19 heavy (non-hydrogen) atoms. The molecule has 1 heterocycles. The lowest BCUT2D eigenvalue weighted by atomic mass is 10.1. The number of hydrogen-bond acceptors (Lipinski definition) is 4. The summed E-state index contributed by atoms with van der Waals surface area (Å²) in [6.45, 7) is 6.19. The lowest BCUT2D eigenvalue weighted by Crippen LogP contribution is -2.39. The molecule has 1 aromatic heterocycles. The van der Waals surface area contributed by atoms with E-state index in [2.05, 4.69) is 30.7 Å². The summed E-state index contributed by atoms with van der Waals surface area (Å²) in [4.78, 5) is 21.8. The molecule has 0 aliphatic heterocycles. The van der Waals surface area contributed by atoms with Gasteiger partial charge in [0.1, 0.15) is 0 Å². The van der Waals surface area contributed by atoms with Crippen LogP contribution in [0.25, 0.3) is 10.9 Å². The van der Waals surface area contributed by atoms with Gasteiger partial charge < -0.3 is 10.0 Å². The van der Waals surface area contributed by atoms with E-state index in [1.54, 1.807) is 24.4 Å². The summed E-state index contributed by atoms with van der Waals surface area (Å²) in [5.41, 5.74) is 0.765. The number of hydrogen-bond donors (Lipinski definition) is 1. The average Bonchev–Trinajstić information content (AvgIpc) is 2.35. The van der Waals surface area contributed by atoms with Gasteiger partial charge in [0.05, 0.1) is 11.1 Å². The van der Waals surface area contributed by atoms with Gasteiger partial charge in [-0.3, -0.25) is 0 Å². The molecule has 0 spiro atoms. The first-order chi connectivity index (χ1) is 8.80. The molecule has 5 heteroatoms. The predicted molar refractivity (Wildman–Crippen MR) is 74.7 cm³/mol. The summed E-state index contributed by atoms with van der Waals surface area (Å²) in [6.07, 6.45) is 1.57. The van der Waals surface area contributed by atoms with E-state index in [9.17, 15) is 4.79 Å². The van der Waals surface area contributed by atoms with Crippen molar-refractivity contribution in [1.29, 1.82) is 0 Å². The highest BCUT2D eigenvalue weighted by molar-refractivity contribution is 6.02. The molecule has 0 saturated carbocycles. The van der Waals surface area contributed by atoms with Crippen molar-refractivity contribution in [2.75, 3.05) is 11.9 Å². The normalized spacial score (nSPS) is 11.6. The highest BCUT2D eigenvalue weighted by Crippen LogP contribution is 2.22. The zero-order chi connectivity index (χ0) is 14.2. The maximum atomic E-state index is 11.1. The van der Waals surface area contributed by atoms with Crippen molar-refractivity contribution in [2.24, 2.45) is 0 Å². The number of benzene rings is 1. The lowest BCUT2D eigenvalue weighted by Gasteiger charge is -2.31. The summed E-state index contributed by atoms with van der Waals surface area (Å²) in [6, 6.07) is 5.05. The Hall–Kier alpha value is -2.17. The van der Waals surface area contributed by atoms with Crippen LogP contribution in [0, 0.1) is 0 Å². The van der Waals surface area contributed by atoms with Gasteiger partial charge in [-0.1, -0.05) is 6.07 Å². The van der Waals surface area contributed by atoms with E-state index in [0.717, 1.165) is 0 Å². The fraction of sp³-hybridized carbons (Fsp3) is 0.357. The minimum Gasteiger partial charge on any atom is -0.478 e. The molecule has 0 unspecified atom stereocenters. The zero-order valence-corrected chi connectivity index (χ0v) is 11.5. The smallest absolute Gasteiger partial charge is 0.336 e. The molecule has 0 aliphatic rings. The molecule has 0 saturated heterocycles. The molecule has 0 radical (unpaired) electrons. The van der Waals surface area contributed by atoms with Gasteiger partial charge in [-0.2, -0.15) is 0 Å². The Morgan fingerprint density at radius 2 is 2.00 bits per heavy atom. The van der Waals surface area contributed by atoms with Crippen LogP contribution in [0.5, 0.6) is 0 Å². The van der Waals surface area contributed by atoms with E-state index in [1.165, 1.54) is 0 Å². The molecule has 0 fully saturated rings. The SMILES string of the molecule is CN(c1ncc2c(C(=O)O)cccc2n1)C(C)(C)C. The Kier molecular flexibility index (Phi) is 3.14. The van der Waals surface area contributed by atoms with E-state index in [-0.39, 0.29) is 11.1 Å². The van der Waals surface area contributed by atoms with Gasteiger partial charge in [-0.15, -0.1) is 0 Å². The zero-order valence-electron chi connectivity index (χ0n) is 11.5. The fourth-order valence-corrected chi connectivity index (χ4v) is 1.69. The second kappa shape index (κ2) is 4.50. The highest BCUT2D eigenvalue weighted by atomic mass is 16.4. The molecule has 5 nitrogen and oxygen atoms in total. The average molecular weight is 259 g/mol. The number of aromatic nitrogens is 2. The van der Waals surface area contributed by atoms with Gasteiger partial charge >= 0.3 is 5.97 Å². The maximum absolute atomic E-state index is 11.1. The van der Waals surface area contributed by atoms with Crippen molar-refractivity contribution in [3.05, 3.63) is 30.0 Å². The van der Waals surface area contributed by atoms with Crippen LogP contribution in [0.3, 0.4) is 0 Å². The van der Waals surface area contributed by atoms with Crippen molar-refractivity contribution in [3.8, 4) is 0 Å². The fourth-order valence-electron chi connectivity index (χ4n) is 1.69. The maximum Gasteiger partial charge on any atom is 0.336 e. The van der Waals surface area contributed by atoms with E-state index in [4.69, 9.17) is 5.11 Å². The molecule has 0 amide bonds. The van der Waals surface area contributed by atoms with Crippen LogP contribution in [0.4, 0.5) is 5.95 Å². The van der Waals surface area contributed by atoms with Crippen LogP contribution < -0.4 is 4.90 Å². The molecular weight excluding hydrogens is 242 g/mol. The number of carboxylic acids is 1. The first-order valence-corrected chi connectivity index (χ1v) is 6.03. The molecule has 100 valence electrons. The van der Waals surface area contributed by atoms with Crippen LogP contribution in [0.15, 0.2) is 24.4 Å². The van der Waals surface area contributed by atoms with Gasteiger partial charge in [0.2, 0.25) is 5.95 Å². The van der Waals surface area contributed by atoms with Crippen molar-refractivity contribution in [1.82, 2.24) is 9.97 Å². The first-order valence-electron chi connectivity index (χ1n) is 6.03. The number of carboxylic acid groups (broad SMARTS) is 1. The molecule has 2 aromatic rings.